The maximum Gasteiger partial charge on any atom is 0.294 e. The van der Waals surface area contributed by atoms with Crippen molar-refractivity contribution in [2.45, 2.75) is 26.2 Å². The Morgan fingerprint density at radius 3 is 2.59 bits per heavy atom. The van der Waals surface area contributed by atoms with Crippen LogP contribution in [-0.4, -0.2) is 53.3 Å². The zero-order chi connectivity index (χ0) is 19.0. The van der Waals surface area contributed by atoms with Crippen molar-refractivity contribution >= 4 is 34.9 Å². The Morgan fingerprint density at radius 2 is 1.85 bits per heavy atom. The number of piperidine rings is 1. The van der Waals surface area contributed by atoms with Gasteiger partial charge in [-0.3, -0.25) is 19.3 Å². The summed E-state index contributed by atoms with van der Waals surface area (Å²) in [7, 11) is 0. The van der Waals surface area contributed by atoms with Crippen LogP contribution in [0.5, 0.6) is 11.5 Å². The monoisotopic (exact) mass is 388 g/mol. The molecule has 2 fully saturated rings. The molecule has 7 nitrogen and oxygen atoms in total. The molecule has 1 aromatic carbocycles. The number of amides is 3. The molecule has 3 heterocycles. The van der Waals surface area contributed by atoms with Gasteiger partial charge in [0.2, 0.25) is 12.7 Å². The number of carbonyl (C=O) groups is 3. The summed E-state index contributed by atoms with van der Waals surface area (Å²) in [5.41, 5.74) is 1.70. The number of hydrogen-bond donors (Lipinski definition) is 0. The maximum absolute atomic E-state index is 12.7. The minimum absolute atomic E-state index is 0.169. The van der Waals surface area contributed by atoms with Crippen molar-refractivity contribution in [3.05, 3.63) is 28.2 Å². The molecule has 3 aliphatic rings. The van der Waals surface area contributed by atoms with Crippen LogP contribution in [0.4, 0.5) is 4.79 Å². The van der Waals surface area contributed by atoms with Gasteiger partial charge in [-0.15, -0.1) is 0 Å². The van der Waals surface area contributed by atoms with Crippen LogP contribution in [0.1, 0.15) is 30.4 Å². The zero-order valence-electron chi connectivity index (χ0n) is 15.0. The van der Waals surface area contributed by atoms with E-state index < -0.39 is 11.1 Å². The van der Waals surface area contributed by atoms with Gasteiger partial charge in [-0.25, -0.2) is 0 Å². The number of thioether (sulfide) groups is 1. The van der Waals surface area contributed by atoms with Gasteiger partial charge in [0.15, 0.2) is 11.5 Å². The molecule has 3 aliphatic heterocycles. The van der Waals surface area contributed by atoms with Gasteiger partial charge in [-0.2, -0.15) is 0 Å². The Kier molecular flexibility index (Phi) is 4.82. The molecule has 0 spiro atoms. The quantitative estimate of drug-likeness (QED) is 0.741. The molecule has 0 radical (unpaired) electrons. The minimum atomic E-state index is -0.424. The summed E-state index contributed by atoms with van der Waals surface area (Å²) < 4.78 is 10.7. The van der Waals surface area contributed by atoms with Crippen molar-refractivity contribution in [2.24, 2.45) is 0 Å². The molecule has 142 valence electrons. The first-order valence-electron chi connectivity index (χ1n) is 8.96. The molecule has 0 unspecified atom stereocenters. The van der Waals surface area contributed by atoms with Gasteiger partial charge in [0.1, 0.15) is 6.54 Å². The molecule has 27 heavy (non-hydrogen) atoms. The molecule has 0 N–H and O–H groups in total. The van der Waals surface area contributed by atoms with E-state index in [9.17, 15) is 14.4 Å². The standard InChI is InChI=1S/C19H20N2O5S/c1-12-7-14-15(26-11-25-14)8-13(12)9-16-18(23)21(19(24)27-16)10-17(22)20-5-3-2-4-6-20/h7-9H,2-6,10-11H2,1H3. The highest BCUT2D eigenvalue weighted by molar-refractivity contribution is 8.18. The van der Waals surface area contributed by atoms with E-state index in [2.05, 4.69) is 0 Å². The molecule has 8 heteroatoms. The SMILES string of the molecule is Cc1cc2c(cc1C=C1SC(=O)N(CC(=O)N3CCCCC3)C1=O)OCO2. The first-order chi connectivity index (χ1) is 13.0. The number of ether oxygens (including phenoxy) is 2. The topological polar surface area (TPSA) is 76.2 Å². The lowest BCUT2D eigenvalue weighted by molar-refractivity contribution is -0.136. The van der Waals surface area contributed by atoms with Crippen molar-refractivity contribution in [3.63, 3.8) is 0 Å². The second-order valence-electron chi connectivity index (χ2n) is 6.77. The molecular weight excluding hydrogens is 368 g/mol. The van der Waals surface area contributed by atoms with E-state index in [-0.39, 0.29) is 19.2 Å². The van der Waals surface area contributed by atoms with Gasteiger partial charge in [-0.05, 0) is 67.3 Å². The summed E-state index contributed by atoms with van der Waals surface area (Å²) >= 11 is 0.863. The normalized spacial score (nSPS) is 20.7. The Hall–Kier alpha value is -2.48. The number of benzene rings is 1. The molecule has 0 aliphatic carbocycles. The number of imide groups is 1. The predicted molar refractivity (Wildman–Crippen MR) is 100 cm³/mol. The van der Waals surface area contributed by atoms with Crippen LogP contribution in [-0.2, 0) is 9.59 Å². The Balaban J connectivity index is 1.51. The van der Waals surface area contributed by atoms with Gasteiger partial charge in [0.25, 0.3) is 11.1 Å². The number of hydrogen-bond acceptors (Lipinski definition) is 6. The minimum Gasteiger partial charge on any atom is -0.454 e. The predicted octanol–water partition coefficient (Wildman–Crippen LogP) is 2.77. The fourth-order valence-electron chi connectivity index (χ4n) is 3.37. The fraction of sp³-hybridized carbons (Fsp3) is 0.421. The molecule has 4 rings (SSSR count). The number of carbonyl (C=O) groups excluding carboxylic acids is 3. The molecule has 3 amide bonds. The van der Waals surface area contributed by atoms with E-state index >= 15 is 0 Å². The van der Waals surface area contributed by atoms with Gasteiger partial charge in [0, 0.05) is 13.1 Å². The third-order valence-corrected chi connectivity index (χ3v) is 5.83. The lowest BCUT2D eigenvalue weighted by Gasteiger charge is -2.27. The van der Waals surface area contributed by atoms with Crippen LogP contribution in [0.25, 0.3) is 6.08 Å². The Labute approximate surface area is 161 Å². The highest BCUT2D eigenvalue weighted by Gasteiger charge is 2.37. The second kappa shape index (κ2) is 7.26. The number of likely N-dealkylation sites (tertiary alicyclic amines) is 1. The highest BCUT2D eigenvalue weighted by Crippen LogP contribution is 2.38. The summed E-state index contributed by atoms with van der Waals surface area (Å²) in [5, 5.41) is -0.407. The van der Waals surface area contributed by atoms with Crippen LogP contribution >= 0.6 is 11.8 Å². The lowest BCUT2D eigenvalue weighted by atomic mass is 10.1. The van der Waals surface area contributed by atoms with E-state index in [1.54, 1.807) is 17.0 Å². The maximum atomic E-state index is 12.7. The van der Waals surface area contributed by atoms with Crippen molar-refractivity contribution in [2.75, 3.05) is 26.4 Å². The number of rotatable bonds is 3. The number of nitrogens with zero attached hydrogens (tertiary/aromatic N) is 2. The van der Waals surface area contributed by atoms with Crippen molar-refractivity contribution in [1.29, 1.82) is 0 Å². The molecule has 1 aromatic rings. The van der Waals surface area contributed by atoms with Gasteiger partial charge >= 0.3 is 0 Å². The van der Waals surface area contributed by atoms with Crippen LogP contribution in [0.3, 0.4) is 0 Å². The van der Waals surface area contributed by atoms with Crippen molar-refractivity contribution < 1.29 is 23.9 Å². The highest BCUT2D eigenvalue weighted by atomic mass is 32.2. The first-order valence-corrected chi connectivity index (χ1v) is 9.78. The third-order valence-electron chi connectivity index (χ3n) is 4.92. The van der Waals surface area contributed by atoms with Crippen LogP contribution in [0, 0.1) is 6.92 Å². The van der Waals surface area contributed by atoms with E-state index in [4.69, 9.17) is 9.47 Å². The van der Waals surface area contributed by atoms with E-state index in [1.807, 2.05) is 13.0 Å². The number of aryl methyl sites for hydroxylation is 1. The summed E-state index contributed by atoms with van der Waals surface area (Å²) in [4.78, 5) is 40.5. The summed E-state index contributed by atoms with van der Waals surface area (Å²) in [5.74, 6) is 0.696. The Morgan fingerprint density at radius 1 is 1.15 bits per heavy atom. The van der Waals surface area contributed by atoms with Crippen LogP contribution in [0.15, 0.2) is 17.0 Å². The van der Waals surface area contributed by atoms with E-state index in [1.165, 1.54) is 0 Å². The second-order valence-corrected chi connectivity index (χ2v) is 7.76. The summed E-state index contributed by atoms with van der Waals surface area (Å²) in [6.45, 7) is 3.27. The van der Waals surface area contributed by atoms with E-state index in [0.717, 1.165) is 47.1 Å². The summed E-state index contributed by atoms with van der Waals surface area (Å²) in [6.07, 6.45) is 4.73. The molecule has 0 saturated carbocycles. The van der Waals surface area contributed by atoms with Crippen molar-refractivity contribution in [1.82, 2.24) is 9.80 Å². The largest absolute Gasteiger partial charge is 0.454 e. The Bertz CT molecular complexity index is 845. The van der Waals surface area contributed by atoms with Crippen LogP contribution < -0.4 is 9.47 Å². The first kappa shape index (κ1) is 17.9. The van der Waals surface area contributed by atoms with Gasteiger partial charge < -0.3 is 14.4 Å². The van der Waals surface area contributed by atoms with E-state index in [0.29, 0.717) is 29.5 Å². The molecule has 0 aromatic heterocycles. The smallest absolute Gasteiger partial charge is 0.294 e. The third kappa shape index (κ3) is 3.53. The van der Waals surface area contributed by atoms with Crippen molar-refractivity contribution in [3.8, 4) is 11.5 Å². The van der Waals surface area contributed by atoms with Gasteiger partial charge in [0.05, 0.1) is 4.91 Å². The molecule has 2 saturated heterocycles. The lowest BCUT2D eigenvalue weighted by Crippen LogP contribution is -2.44. The van der Waals surface area contributed by atoms with Gasteiger partial charge in [-0.1, -0.05) is 0 Å². The number of fused-ring (bicyclic) bond motifs is 1. The molecular formula is C19H20N2O5S. The average molecular weight is 388 g/mol. The summed E-state index contributed by atoms with van der Waals surface area (Å²) in [6, 6.07) is 3.64. The average Bonchev–Trinajstić information content (AvgIpc) is 3.22. The molecule has 0 bridgehead atoms. The molecule has 0 atom stereocenters. The van der Waals surface area contributed by atoms with Crippen LogP contribution in [0.2, 0.25) is 0 Å². The zero-order valence-corrected chi connectivity index (χ0v) is 15.8. The fourth-order valence-corrected chi connectivity index (χ4v) is 4.20.